The predicted molar refractivity (Wildman–Crippen MR) is 145 cm³/mol. The van der Waals surface area contributed by atoms with E-state index in [0.29, 0.717) is 25.5 Å². The average molecular weight is 493 g/mol. The zero-order chi connectivity index (χ0) is 25.4. The van der Waals surface area contributed by atoms with E-state index in [4.69, 9.17) is 10.8 Å². The lowest BCUT2D eigenvalue weighted by molar-refractivity contribution is -0.127. The van der Waals surface area contributed by atoms with Gasteiger partial charge in [0.05, 0.1) is 24.3 Å². The quantitative estimate of drug-likeness (QED) is 0.375. The van der Waals surface area contributed by atoms with Gasteiger partial charge in [-0.25, -0.2) is 9.50 Å². The second kappa shape index (κ2) is 9.51. The summed E-state index contributed by atoms with van der Waals surface area (Å²) in [6.07, 6.45) is 7.21. The second-order valence-electron chi connectivity index (χ2n) is 9.31. The molecule has 6 rings (SSSR count). The molecule has 1 aliphatic heterocycles. The molecule has 3 N–H and O–H groups in total. The fourth-order valence-electron chi connectivity index (χ4n) is 5.00. The number of carbonyl (C=O) groups excluding carboxylic acids is 1. The number of allylic oxidation sites excluding steroid dienone is 1. The number of benzene rings is 2. The molecule has 5 aromatic rings. The molecule has 0 atom stereocenters. The molecule has 0 bridgehead atoms. The Morgan fingerprint density at radius 1 is 1.14 bits per heavy atom. The summed E-state index contributed by atoms with van der Waals surface area (Å²) in [4.78, 5) is 18.6. The molecule has 0 fully saturated rings. The highest BCUT2D eigenvalue weighted by Gasteiger charge is 2.22. The van der Waals surface area contributed by atoms with E-state index in [-0.39, 0.29) is 5.91 Å². The first kappa shape index (κ1) is 22.9. The van der Waals surface area contributed by atoms with Crippen LogP contribution in [0.3, 0.4) is 0 Å². The first-order valence-electron chi connectivity index (χ1n) is 12.4. The van der Waals surface area contributed by atoms with Crippen LogP contribution in [0.5, 0.6) is 0 Å². The first-order chi connectivity index (χ1) is 18.1. The number of hydrogen-bond acceptors (Lipinski definition) is 6. The summed E-state index contributed by atoms with van der Waals surface area (Å²) >= 11 is 0. The van der Waals surface area contributed by atoms with Crippen LogP contribution >= 0.6 is 0 Å². The molecule has 0 spiro atoms. The van der Waals surface area contributed by atoms with Crippen molar-refractivity contribution in [1.29, 1.82) is 0 Å². The number of amides is 1. The molecule has 37 heavy (non-hydrogen) atoms. The third-order valence-corrected chi connectivity index (χ3v) is 6.77. The van der Waals surface area contributed by atoms with Gasteiger partial charge in [-0.1, -0.05) is 42.5 Å². The third-order valence-electron chi connectivity index (χ3n) is 6.77. The number of fused-ring (bicyclic) bond motifs is 2. The Kier molecular flexibility index (Phi) is 5.90. The number of carbonyl (C=O) groups is 1. The van der Waals surface area contributed by atoms with Gasteiger partial charge in [-0.15, -0.1) is 0 Å². The Morgan fingerprint density at radius 3 is 2.84 bits per heavy atom. The SMILES string of the molecule is CNCC(=O)N1C=C(c2cc(-c3ccc4cn(Cc5ccccc5)nc4c3)c3c(N)ncnn23)CCC1. The van der Waals surface area contributed by atoms with Crippen LogP contribution in [0, 0.1) is 0 Å². The zero-order valence-electron chi connectivity index (χ0n) is 20.6. The number of anilines is 1. The molecular formula is C28H28N8O. The van der Waals surface area contributed by atoms with Crippen molar-refractivity contribution in [3.63, 3.8) is 0 Å². The monoisotopic (exact) mass is 492 g/mol. The van der Waals surface area contributed by atoms with E-state index in [9.17, 15) is 4.79 Å². The third kappa shape index (κ3) is 4.34. The molecular weight excluding hydrogens is 464 g/mol. The van der Waals surface area contributed by atoms with E-state index in [1.165, 1.54) is 11.9 Å². The number of hydrogen-bond donors (Lipinski definition) is 2. The fourth-order valence-corrected chi connectivity index (χ4v) is 5.00. The Labute approximate surface area is 214 Å². The lowest BCUT2D eigenvalue weighted by Gasteiger charge is -2.25. The van der Waals surface area contributed by atoms with Crippen LogP contribution in [0.25, 0.3) is 33.1 Å². The molecule has 1 amide bonds. The smallest absolute Gasteiger partial charge is 0.240 e. The maximum atomic E-state index is 12.5. The maximum Gasteiger partial charge on any atom is 0.240 e. The molecule has 1 aliphatic rings. The van der Waals surface area contributed by atoms with Crippen molar-refractivity contribution < 1.29 is 4.79 Å². The summed E-state index contributed by atoms with van der Waals surface area (Å²) in [6, 6.07) is 18.6. The fraction of sp³-hybridized carbons (Fsp3) is 0.214. The zero-order valence-corrected chi connectivity index (χ0v) is 20.6. The van der Waals surface area contributed by atoms with Gasteiger partial charge >= 0.3 is 0 Å². The van der Waals surface area contributed by atoms with Crippen molar-refractivity contribution in [3.8, 4) is 11.1 Å². The van der Waals surface area contributed by atoms with Crippen LogP contribution in [0.15, 0.2) is 73.3 Å². The normalized spacial score (nSPS) is 13.9. The Bertz CT molecular complexity index is 1630. The van der Waals surface area contributed by atoms with Crippen LogP contribution < -0.4 is 11.1 Å². The predicted octanol–water partition coefficient (Wildman–Crippen LogP) is 3.56. The molecule has 0 radical (unpaired) electrons. The van der Waals surface area contributed by atoms with Crippen LogP contribution in [-0.4, -0.2) is 55.3 Å². The van der Waals surface area contributed by atoms with E-state index in [1.807, 2.05) is 33.6 Å². The van der Waals surface area contributed by atoms with Crippen LogP contribution in [0.4, 0.5) is 5.82 Å². The topological polar surface area (TPSA) is 106 Å². The van der Waals surface area contributed by atoms with Gasteiger partial charge in [0.15, 0.2) is 5.82 Å². The van der Waals surface area contributed by atoms with Crippen molar-refractivity contribution in [2.24, 2.45) is 0 Å². The average Bonchev–Trinajstić information content (AvgIpc) is 3.51. The summed E-state index contributed by atoms with van der Waals surface area (Å²) in [7, 11) is 1.78. The number of rotatable bonds is 6. The number of nitrogens with two attached hydrogens (primary N) is 1. The number of nitrogens with one attached hydrogen (secondary N) is 1. The molecule has 0 unspecified atom stereocenters. The Hall–Kier alpha value is -4.50. The minimum absolute atomic E-state index is 0.0477. The largest absolute Gasteiger partial charge is 0.382 e. The maximum absolute atomic E-state index is 12.5. The molecule has 3 aromatic heterocycles. The van der Waals surface area contributed by atoms with Crippen molar-refractivity contribution in [2.45, 2.75) is 19.4 Å². The van der Waals surface area contributed by atoms with Gasteiger partial charge in [-0.3, -0.25) is 9.48 Å². The van der Waals surface area contributed by atoms with Gasteiger partial charge in [0, 0.05) is 29.9 Å². The van der Waals surface area contributed by atoms with E-state index in [2.05, 4.69) is 58.0 Å². The van der Waals surface area contributed by atoms with Gasteiger partial charge in [-0.2, -0.15) is 10.2 Å². The minimum Gasteiger partial charge on any atom is -0.382 e. The Balaban J connectivity index is 1.41. The molecule has 9 heteroatoms. The second-order valence-corrected chi connectivity index (χ2v) is 9.31. The highest BCUT2D eigenvalue weighted by molar-refractivity contribution is 5.94. The van der Waals surface area contributed by atoms with Gasteiger partial charge in [-0.05, 0) is 48.7 Å². The molecule has 0 aliphatic carbocycles. The van der Waals surface area contributed by atoms with Crippen molar-refractivity contribution in [3.05, 3.63) is 84.6 Å². The molecule has 0 saturated carbocycles. The standard InChI is InChI=1S/C28H28N8O/c1-30-14-26(37)34-11-5-8-22(16-34)25-13-23(27-28(29)31-18-32-36(25)27)20-9-10-21-17-35(33-24(21)12-20)15-19-6-3-2-4-7-19/h2-4,6-7,9-10,12-13,16-18,30H,5,8,11,14-15H2,1H3,(H2,29,31,32). The number of aromatic nitrogens is 5. The number of likely N-dealkylation sites (N-methyl/N-ethyl adjacent to an activating group) is 1. The number of nitrogen functional groups attached to an aromatic ring is 1. The van der Waals surface area contributed by atoms with Crippen LogP contribution in [0.2, 0.25) is 0 Å². The van der Waals surface area contributed by atoms with E-state index < -0.39 is 0 Å². The van der Waals surface area contributed by atoms with E-state index in [1.54, 1.807) is 11.9 Å². The summed E-state index contributed by atoms with van der Waals surface area (Å²) < 4.78 is 3.81. The Morgan fingerprint density at radius 2 is 2.00 bits per heavy atom. The molecule has 9 nitrogen and oxygen atoms in total. The van der Waals surface area contributed by atoms with Gasteiger partial charge in [0.25, 0.3) is 0 Å². The number of nitrogens with zero attached hydrogens (tertiary/aromatic N) is 6. The lowest BCUT2D eigenvalue weighted by Crippen LogP contribution is -2.35. The molecule has 2 aromatic carbocycles. The first-order valence-corrected chi connectivity index (χ1v) is 12.4. The van der Waals surface area contributed by atoms with Crippen LogP contribution in [0.1, 0.15) is 24.1 Å². The summed E-state index contributed by atoms with van der Waals surface area (Å²) in [5, 5.41) is 13.4. The molecule has 186 valence electrons. The molecule has 4 heterocycles. The highest BCUT2D eigenvalue weighted by atomic mass is 16.2. The van der Waals surface area contributed by atoms with E-state index >= 15 is 0 Å². The van der Waals surface area contributed by atoms with E-state index in [0.717, 1.165) is 51.7 Å². The van der Waals surface area contributed by atoms with Crippen molar-refractivity contribution >= 4 is 33.7 Å². The van der Waals surface area contributed by atoms with Crippen molar-refractivity contribution in [2.75, 3.05) is 25.9 Å². The van der Waals surface area contributed by atoms with Gasteiger partial charge in [0.2, 0.25) is 5.91 Å². The lowest BCUT2D eigenvalue weighted by atomic mass is 10.0. The minimum atomic E-state index is 0.0477. The summed E-state index contributed by atoms with van der Waals surface area (Å²) in [6.45, 7) is 1.72. The van der Waals surface area contributed by atoms with Gasteiger partial charge < -0.3 is 16.0 Å². The van der Waals surface area contributed by atoms with Crippen LogP contribution in [-0.2, 0) is 11.3 Å². The summed E-state index contributed by atoms with van der Waals surface area (Å²) in [5.41, 5.74) is 13.1. The highest BCUT2D eigenvalue weighted by Crippen LogP contribution is 2.36. The van der Waals surface area contributed by atoms with Crippen molar-refractivity contribution in [1.82, 2.24) is 34.6 Å². The molecule has 0 saturated heterocycles. The van der Waals surface area contributed by atoms with Gasteiger partial charge in [0.1, 0.15) is 11.8 Å². The summed E-state index contributed by atoms with van der Waals surface area (Å²) in [5.74, 6) is 0.456.